The molecule has 2 amide bonds. The molecule has 3 aromatic rings. The van der Waals surface area contributed by atoms with Gasteiger partial charge >= 0.3 is 0 Å². The van der Waals surface area contributed by atoms with Crippen LogP contribution in [0, 0.1) is 0 Å². The lowest BCUT2D eigenvalue weighted by Crippen LogP contribution is -2.44. The lowest BCUT2D eigenvalue weighted by atomic mass is 10.1. The highest BCUT2D eigenvalue weighted by Crippen LogP contribution is 2.28. The molecule has 0 N–H and O–H groups in total. The molecule has 0 spiro atoms. The Hall–Kier alpha value is -3.49. The topological polar surface area (TPSA) is 81.5 Å². The summed E-state index contributed by atoms with van der Waals surface area (Å²) < 4.78 is 21.4. The minimum atomic E-state index is -0.291. The number of methoxy groups -OCH3 is 3. The van der Waals surface area contributed by atoms with Crippen LogP contribution < -0.4 is 9.47 Å². The Labute approximate surface area is 216 Å². The molecule has 1 aromatic heterocycles. The van der Waals surface area contributed by atoms with Gasteiger partial charge in [-0.15, -0.1) is 0 Å². The van der Waals surface area contributed by atoms with E-state index in [-0.39, 0.29) is 31.4 Å². The van der Waals surface area contributed by atoms with Gasteiger partial charge in [0.1, 0.15) is 12.3 Å². The molecular weight excluding hydrogens is 484 g/mol. The monoisotopic (exact) mass is 514 g/mol. The summed E-state index contributed by atoms with van der Waals surface area (Å²) in [4.78, 5) is 29.8. The maximum atomic E-state index is 13.5. The van der Waals surface area contributed by atoms with Crippen molar-refractivity contribution in [2.24, 2.45) is 0 Å². The van der Waals surface area contributed by atoms with Gasteiger partial charge < -0.3 is 28.4 Å². The van der Waals surface area contributed by atoms with Crippen LogP contribution in [-0.4, -0.2) is 69.2 Å². The predicted molar refractivity (Wildman–Crippen MR) is 137 cm³/mol. The van der Waals surface area contributed by atoms with Crippen LogP contribution in [0.2, 0.25) is 5.02 Å². The third kappa shape index (κ3) is 7.50. The summed E-state index contributed by atoms with van der Waals surface area (Å²) in [6, 6.07) is 15.9. The molecule has 0 fully saturated rings. The van der Waals surface area contributed by atoms with Crippen LogP contribution in [0.4, 0.5) is 0 Å². The Bertz CT molecular complexity index is 1140. The summed E-state index contributed by atoms with van der Waals surface area (Å²) in [6.07, 6.45) is 2.15. The van der Waals surface area contributed by atoms with Crippen LogP contribution in [-0.2, 0) is 22.5 Å². The molecule has 0 bridgehead atoms. The second-order valence-electron chi connectivity index (χ2n) is 8.06. The highest BCUT2D eigenvalue weighted by Gasteiger charge is 2.23. The molecule has 0 aliphatic carbocycles. The minimum Gasteiger partial charge on any atom is -0.493 e. The zero-order valence-electron chi connectivity index (χ0n) is 20.7. The van der Waals surface area contributed by atoms with E-state index >= 15 is 0 Å². The highest BCUT2D eigenvalue weighted by atomic mass is 35.5. The van der Waals surface area contributed by atoms with Crippen molar-refractivity contribution in [2.45, 2.75) is 13.0 Å². The van der Waals surface area contributed by atoms with Crippen molar-refractivity contribution in [3.63, 3.8) is 0 Å². The van der Waals surface area contributed by atoms with Crippen LogP contribution in [0.15, 0.2) is 65.3 Å². The Kier molecular flexibility index (Phi) is 10.2. The Morgan fingerprint density at radius 1 is 0.917 bits per heavy atom. The van der Waals surface area contributed by atoms with E-state index in [2.05, 4.69) is 0 Å². The number of halogens is 1. The molecule has 0 saturated heterocycles. The van der Waals surface area contributed by atoms with Gasteiger partial charge in [-0.1, -0.05) is 23.7 Å². The van der Waals surface area contributed by atoms with Gasteiger partial charge in [0, 0.05) is 30.8 Å². The molecule has 3 rings (SSSR count). The van der Waals surface area contributed by atoms with Crippen LogP contribution in [0.5, 0.6) is 11.5 Å². The van der Waals surface area contributed by atoms with E-state index in [4.69, 9.17) is 30.2 Å². The fraction of sp³-hybridized carbons (Fsp3) is 0.333. The first-order valence-corrected chi connectivity index (χ1v) is 11.9. The van der Waals surface area contributed by atoms with Crippen molar-refractivity contribution in [1.29, 1.82) is 0 Å². The van der Waals surface area contributed by atoms with Gasteiger partial charge in [0.05, 0.1) is 33.6 Å². The number of hydrogen-bond donors (Lipinski definition) is 0. The number of furan rings is 1. The molecule has 0 unspecified atom stereocenters. The first-order chi connectivity index (χ1) is 17.4. The van der Waals surface area contributed by atoms with Crippen molar-refractivity contribution in [3.05, 3.63) is 82.8 Å². The van der Waals surface area contributed by atoms with Crippen molar-refractivity contribution < 1.29 is 28.2 Å². The predicted octanol–water partition coefficient (Wildman–Crippen LogP) is 4.31. The van der Waals surface area contributed by atoms with E-state index < -0.39 is 0 Å². The smallest absolute Gasteiger partial charge is 0.254 e. The van der Waals surface area contributed by atoms with E-state index in [9.17, 15) is 9.59 Å². The van der Waals surface area contributed by atoms with Gasteiger partial charge in [-0.25, -0.2) is 0 Å². The molecule has 0 aliphatic heterocycles. The number of carbonyl (C=O) groups is 2. The second-order valence-corrected chi connectivity index (χ2v) is 8.50. The van der Waals surface area contributed by atoms with Gasteiger partial charge in [-0.2, -0.15) is 0 Å². The van der Waals surface area contributed by atoms with Crippen LogP contribution in [0.1, 0.15) is 21.7 Å². The first kappa shape index (κ1) is 27.1. The largest absolute Gasteiger partial charge is 0.493 e. The van der Waals surface area contributed by atoms with E-state index in [1.54, 1.807) is 62.8 Å². The lowest BCUT2D eigenvalue weighted by Gasteiger charge is -2.27. The Balaban J connectivity index is 1.77. The molecular formula is C27H31ClN2O6. The van der Waals surface area contributed by atoms with Crippen molar-refractivity contribution in [2.75, 3.05) is 47.6 Å². The summed E-state index contributed by atoms with van der Waals surface area (Å²) in [6.45, 7) is 1.14. The van der Waals surface area contributed by atoms with Crippen molar-refractivity contribution in [3.8, 4) is 11.5 Å². The van der Waals surface area contributed by atoms with E-state index in [1.165, 1.54) is 4.90 Å². The van der Waals surface area contributed by atoms with Gasteiger partial charge in [-0.05, 0) is 54.4 Å². The molecule has 192 valence electrons. The van der Waals surface area contributed by atoms with Crippen LogP contribution in [0.25, 0.3) is 0 Å². The average Bonchev–Trinajstić information content (AvgIpc) is 3.41. The third-order valence-corrected chi connectivity index (χ3v) is 5.88. The number of rotatable bonds is 13. The Morgan fingerprint density at radius 3 is 2.39 bits per heavy atom. The quantitative estimate of drug-likeness (QED) is 0.338. The third-order valence-electron chi connectivity index (χ3n) is 5.65. The van der Waals surface area contributed by atoms with Gasteiger partial charge in [0.25, 0.3) is 5.91 Å². The summed E-state index contributed by atoms with van der Waals surface area (Å²) in [5, 5.41) is 0.452. The summed E-state index contributed by atoms with van der Waals surface area (Å²) in [5.74, 6) is 1.41. The number of amides is 2. The number of ether oxygens (including phenoxy) is 3. The highest BCUT2D eigenvalue weighted by molar-refractivity contribution is 6.31. The number of benzene rings is 2. The zero-order valence-corrected chi connectivity index (χ0v) is 21.5. The first-order valence-electron chi connectivity index (χ1n) is 11.5. The summed E-state index contributed by atoms with van der Waals surface area (Å²) in [5.41, 5.74) is 1.39. The number of carbonyl (C=O) groups excluding carboxylic acids is 2. The fourth-order valence-corrected chi connectivity index (χ4v) is 3.89. The van der Waals surface area contributed by atoms with E-state index in [0.29, 0.717) is 47.4 Å². The number of nitrogens with zero attached hydrogens (tertiary/aromatic N) is 2. The SMILES string of the molecule is COCCN(CC(=O)N(CCc1ccc(OC)c(OC)c1)Cc1ccco1)C(=O)c1cccc(Cl)c1. The molecule has 0 radical (unpaired) electrons. The minimum absolute atomic E-state index is 0.110. The number of hydrogen-bond acceptors (Lipinski definition) is 6. The Morgan fingerprint density at radius 2 is 1.72 bits per heavy atom. The molecule has 1 heterocycles. The molecule has 0 aliphatic rings. The second kappa shape index (κ2) is 13.6. The maximum Gasteiger partial charge on any atom is 0.254 e. The van der Waals surface area contributed by atoms with E-state index in [1.807, 2.05) is 24.3 Å². The van der Waals surface area contributed by atoms with Gasteiger partial charge in [0.2, 0.25) is 5.91 Å². The van der Waals surface area contributed by atoms with Gasteiger partial charge in [0.15, 0.2) is 11.5 Å². The fourth-order valence-electron chi connectivity index (χ4n) is 3.70. The zero-order chi connectivity index (χ0) is 25.9. The van der Waals surface area contributed by atoms with Crippen molar-refractivity contribution in [1.82, 2.24) is 9.80 Å². The lowest BCUT2D eigenvalue weighted by molar-refractivity contribution is -0.132. The maximum absolute atomic E-state index is 13.5. The molecule has 8 nitrogen and oxygen atoms in total. The normalized spacial score (nSPS) is 10.7. The standard InChI is InChI=1S/C27H31ClN2O6/c1-33-15-13-30(27(32)21-6-4-7-22(28)17-21)19-26(31)29(18-23-8-5-14-36-23)12-11-20-9-10-24(34-2)25(16-20)35-3/h4-10,14,16-17H,11-13,15,18-19H2,1-3H3. The van der Waals surface area contributed by atoms with Crippen LogP contribution >= 0.6 is 11.6 Å². The average molecular weight is 515 g/mol. The molecule has 9 heteroatoms. The van der Waals surface area contributed by atoms with E-state index in [0.717, 1.165) is 5.56 Å². The summed E-state index contributed by atoms with van der Waals surface area (Å²) >= 11 is 6.08. The summed E-state index contributed by atoms with van der Waals surface area (Å²) in [7, 11) is 4.72. The molecule has 36 heavy (non-hydrogen) atoms. The van der Waals surface area contributed by atoms with Crippen LogP contribution in [0.3, 0.4) is 0 Å². The molecule has 0 atom stereocenters. The molecule has 0 saturated carbocycles. The van der Waals surface area contributed by atoms with Gasteiger partial charge in [-0.3, -0.25) is 9.59 Å². The molecule has 2 aromatic carbocycles. The van der Waals surface area contributed by atoms with Crippen molar-refractivity contribution >= 4 is 23.4 Å².